The van der Waals surface area contributed by atoms with Gasteiger partial charge in [0.15, 0.2) is 0 Å². The van der Waals surface area contributed by atoms with Crippen LogP contribution >= 0.6 is 23.2 Å². The number of rotatable bonds is 5. The van der Waals surface area contributed by atoms with Crippen LogP contribution in [0.2, 0.25) is 10.0 Å². The van der Waals surface area contributed by atoms with Crippen molar-refractivity contribution in [2.75, 3.05) is 32.5 Å². The molecule has 3 rings (SSSR count). The summed E-state index contributed by atoms with van der Waals surface area (Å²) in [5, 5.41) is 0.143. The summed E-state index contributed by atoms with van der Waals surface area (Å²) in [7, 11) is 1.57. The van der Waals surface area contributed by atoms with E-state index in [2.05, 4.69) is 9.62 Å². The molecule has 0 fully saturated rings. The van der Waals surface area contributed by atoms with Crippen LogP contribution in [0.15, 0.2) is 35.2 Å². The number of ether oxygens (including phenoxy) is 2. The van der Waals surface area contributed by atoms with Gasteiger partial charge in [0.1, 0.15) is 23.0 Å². The smallest absolute Gasteiger partial charge is 0.263 e. The summed E-state index contributed by atoms with van der Waals surface area (Å²) < 4.78 is 39.6. The number of likely N-dealkylation sites (N-methyl/N-ethyl adjacent to an activating group) is 1. The highest BCUT2D eigenvalue weighted by Gasteiger charge is 2.29. The third-order valence-corrected chi connectivity index (χ3v) is 6.82. The topological polar surface area (TPSA) is 67.9 Å². The second-order valence-corrected chi connectivity index (χ2v) is 8.85. The average molecular weight is 431 g/mol. The fourth-order valence-corrected chi connectivity index (χ4v) is 4.76. The molecule has 6 nitrogen and oxygen atoms in total. The van der Waals surface area contributed by atoms with Crippen molar-refractivity contribution < 1.29 is 17.9 Å². The Morgan fingerprint density at radius 3 is 2.63 bits per heavy atom. The Morgan fingerprint density at radius 1 is 1.22 bits per heavy atom. The average Bonchev–Trinajstić information content (AvgIpc) is 2.63. The highest BCUT2D eigenvalue weighted by atomic mass is 35.5. The predicted molar refractivity (Wildman–Crippen MR) is 107 cm³/mol. The highest BCUT2D eigenvalue weighted by molar-refractivity contribution is 7.92. The Bertz CT molecular complexity index is 964. The Kier molecular flexibility index (Phi) is 5.76. The number of hydrogen-bond donors (Lipinski definition) is 1. The van der Waals surface area contributed by atoms with Gasteiger partial charge >= 0.3 is 0 Å². The maximum atomic E-state index is 12.8. The summed E-state index contributed by atoms with van der Waals surface area (Å²) in [5.74, 6) is 1.12. The number of benzene rings is 2. The zero-order chi connectivity index (χ0) is 19.8. The number of hydrogen-bond acceptors (Lipinski definition) is 5. The maximum Gasteiger partial charge on any atom is 0.263 e. The van der Waals surface area contributed by atoms with E-state index in [-0.39, 0.29) is 21.0 Å². The second kappa shape index (κ2) is 7.75. The molecule has 2 aromatic rings. The van der Waals surface area contributed by atoms with E-state index < -0.39 is 10.0 Å². The Labute approximate surface area is 169 Å². The van der Waals surface area contributed by atoms with E-state index >= 15 is 0 Å². The summed E-state index contributed by atoms with van der Waals surface area (Å²) in [6.45, 7) is 0.444. The van der Waals surface area contributed by atoms with Gasteiger partial charge in [-0.3, -0.25) is 4.72 Å². The number of halogens is 2. The van der Waals surface area contributed by atoms with Gasteiger partial charge in [0.25, 0.3) is 10.0 Å². The highest BCUT2D eigenvalue weighted by Crippen LogP contribution is 2.41. The van der Waals surface area contributed by atoms with Crippen LogP contribution < -0.4 is 14.2 Å². The quantitative estimate of drug-likeness (QED) is 0.783. The summed E-state index contributed by atoms with van der Waals surface area (Å²) >= 11 is 12.0. The lowest BCUT2D eigenvalue weighted by molar-refractivity contribution is 0.164. The molecule has 1 aliphatic heterocycles. The van der Waals surface area contributed by atoms with Crippen molar-refractivity contribution in [2.45, 2.75) is 17.4 Å². The summed E-state index contributed by atoms with van der Waals surface area (Å²) in [6.07, 6.45) is 0.680. The SMILES string of the molecule is COc1ccc(NS(=O)(=O)c2cccc(Cl)c2Cl)c2c1C[C@@H](N(C)C)CO2. The van der Waals surface area contributed by atoms with Crippen LogP contribution in [0.1, 0.15) is 5.56 Å². The lowest BCUT2D eigenvalue weighted by Gasteiger charge is -2.32. The number of anilines is 1. The molecule has 0 radical (unpaired) electrons. The van der Waals surface area contributed by atoms with Gasteiger partial charge in [-0.2, -0.15) is 0 Å². The molecule has 1 N–H and O–H groups in total. The minimum atomic E-state index is -3.95. The van der Waals surface area contributed by atoms with Gasteiger partial charge in [-0.15, -0.1) is 0 Å². The van der Waals surface area contributed by atoms with Crippen LogP contribution in [0.4, 0.5) is 5.69 Å². The largest absolute Gasteiger partial charge is 0.496 e. The molecule has 0 amide bonds. The third-order valence-electron chi connectivity index (χ3n) is 4.48. The fourth-order valence-electron chi connectivity index (χ4n) is 2.94. The first kappa shape index (κ1) is 20.1. The van der Waals surface area contributed by atoms with Crippen molar-refractivity contribution >= 4 is 38.9 Å². The van der Waals surface area contributed by atoms with E-state index in [0.29, 0.717) is 30.2 Å². The number of fused-ring (bicyclic) bond motifs is 1. The molecule has 27 heavy (non-hydrogen) atoms. The minimum Gasteiger partial charge on any atom is -0.496 e. The molecule has 2 aromatic carbocycles. The van der Waals surface area contributed by atoms with Crippen molar-refractivity contribution in [3.05, 3.63) is 45.9 Å². The Balaban J connectivity index is 2.01. The van der Waals surface area contributed by atoms with Gasteiger partial charge in [-0.1, -0.05) is 29.3 Å². The fraction of sp³-hybridized carbons (Fsp3) is 0.333. The number of nitrogens with one attached hydrogen (secondary N) is 1. The molecule has 0 aliphatic carbocycles. The first-order chi connectivity index (χ1) is 12.7. The Morgan fingerprint density at radius 2 is 1.96 bits per heavy atom. The van der Waals surface area contributed by atoms with Crippen molar-refractivity contribution in [2.24, 2.45) is 0 Å². The molecule has 146 valence electrons. The van der Waals surface area contributed by atoms with Crippen LogP contribution in [0.3, 0.4) is 0 Å². The molecule has 0 aromatic heterocycles. The molecular weight excluding hydrogens is 411 g/mol. The van der Waals surface area contributed by atoms with Crippen LogP contribution in [0, 0.1) is 0 Å². The van der Waals surface area contributed by atoms with E-state index in [1.54, 1.807) is 19.2 Å². The molecule has 9 heteroatoms. The van der Waals surface area contributed by atoms with E-state index in [0.717, 1.165) is 5.56 Å². The molecule has 0 bridgehead atoms. The van der Waals surface area contributed by atoms with E-state index in [1.807, 2.05) is 14.1 Å². The van der Waals surface area contributed by atoms with Gasteiger partial charge in [0.05, 0.1) is 22.8 Å². The molecule has 0 unspecified atom stereocenters. The van der Waals surface area contributed by atoms with Gasteiger partial charge in [-0.25, -0.2) is 8.42 Å². The lowest BCUT2D eigenvalue weighted by atomic mass is 10.00. The first-order valence-corrected chi connectivity index (χ1v) is 10.4. The molecule has 1 aliphatic rings. The van der Waals surface area contributed by atoms with Crippen LogP contribution in [-0.2, 0) is 16.4 Å². The molecular formula is C18H20Cl2N2O4S. The third kappa shape index (κ3) is 3.96. The standard InChI is InChI=1S/C18H20Cl2N2O4S/c1-22(2)11-9-12-15(25-3)8-7-14(18(12)26-10-11)21-27(23,24)16-6-4-5-13(19)17(16)20/h4-8,11,21H,9-10H2,1-3H3/t11-/m1/s1. The number of methoxy groups -OCH3 is 1. The van der Waals surface area contributed by atoms with Crippen molar-refractivity contribution in [3.8, 4) is 11.5 Å². The van der Waals surface area contributed by atoms with Crippen LogP contribution in [0.25, 0.3) is 0 Å². The molecule has 1 atom stereocenters. The van der Waals surface area contributed by atoms with Crippen LogP contribution in [0.5, 0.6) is 11.5 Å². The van der Waals surface area contributed by atoms with Crippen molar-refractivity contribution in [1.82, 2.24) is 4.90 Å². The van der Waals surface area contributed by atoms with Gasteiger partial charge < -0.3 is 14.4 Å². The second-order valence-electron chi connectivity index (χ2n) is 6.41. The van der Waals surface area contributed by atoms with E-state index in [4.69, 9.17) is 32.7 Å². The van der Waals surface area contributed by atoms with E-state index in [1.165, 1.54) is 18.2 Å². The summed E-state index contributed by atoms with van der Waals surface area (Å²) in [6, 6.07) is 7.96. The summed E-state index contributed by atoms with van der Waals surface area (Å²) in [5.41, 5.74) is 1.15. The molecule has 0 saturated carbocycles. The van der Waals surface area contributed by atoms with Crippen molar-refractivity contribution in [3.63, 3.8) is 0 Å². The van der Waals surface area contributed by atoms with Gasteiger partial charge in [0.2, 0.25) is 0 Å². The number of nitrogens with zero attached hydrogens (tertiary/aromatic N) is 1. The zero-order valence-corrected chi connectivity index (χ0v) is 17.5. The molecule has 0 saturated heterocycles. The normalized spacial score (nSPS) is 16.6. The van der Waals surface area contributed by atoms with Crippen LogP contribution in [-0.4, -0.2) is 47.2 Å². The predicted octanol–water partition coefficient (Wildman–Crippen LogP) is 3.67. The lowest BCUT2D eigenvalue weighted by Crippen LogP contribution is -2.38. The maximum absolute atomic E-state index is 12.8. The number of sulfonamides is 1. The van der Waals surface area contributed by atoms with Crippen molar-refractivity contribution in [1.29, 1.82) is 0 Å². The Hall–Kier alpha value is -1.67. The summed E-state index contributed by atoms with van der Waals surface area (Å²) in [4.78, 5) is 1.97. The van der Waals surface area contributed by atoms with Gasteiger partial charge in [0, 0.05) is 11.6 Å². The monoisotopic (exact) mass is 430 g/mol. The zero-order valence-electron chi connectivity index (χ0n) is 15.1. The molecule has 1 heterocycles. The molecule has 0 spiro atoms. The minimum absolute atomic E-state index is 0.0253. The first-order valence-electron chi connectivity index (χ1n) is 8.20. The van der Waals surface area contributed by atoms with E-state index in [9.17, 15) is 8.42 Å². The van der Waals surface area contributed by atoms with Gasteiger partial charge in [-0.05, 0) is 44.8 Å².